The molecule has 2 aromatic rings. The molecule has 0 bridgehead atoms. The third-order valence-corrected chi connectivity index (χ3v) is 5.24. The van der Waals surface area contributed by atoms with Crippen molar-refractivity contribution in [1.82, 2.24) is 20.2 Å². The lowest BCUT2D eigenvalue weighted by molar-refractivity contribution is -0.122. The maximum absolute atomic E-state index is 12.2. The average molecular weight is 357 g/mol. The van der Waals surface area contributed by atoms with Gasteiger partial charge in [0.15, 0.2) is 5.13 Å². The lowest BCUT2D eigenvalue weighted by Crippen LogP contribution is -2.40. The van der Waals surface area contributed by atoms with Gasteiger partial charge in [0.1, 0.15) is 5.69 Å². The highest BCUT2D eigenvalue weighted by atomic mass is 32.1. The first-order chi connectivity index (χ1) is 12.2. The Morgan fingerprint density at radius 2 is 2.20 bits per heavy atom. The third kappa shape index (κ3) is 4.02. The van der Waals surface area contributed by atoms with Gasteiger partial charge < -0.3 is 5.32 Å². The summed E-state index contributed by atoms with van der Waals surface area (Å²) in [7, 11) is 0. The molecule has 1 aliphatic carbocycles. The van der Waals surface area contributed by atoms with Crippen molar-refractivity contribution < 1.29 is 9.59 Å². The van der Waals surface area contributed by atoms with Gasteiger partial charge in [-0.05, 0) is 25.0 Å². The summed E-state index contributed by atoms with van der Waals surface area (Å²) in [6, 6.07) is 5.61. The number of carbonyl (C=O) groups is 2. The molecule has 0 radical (unpaired) electrons. The molecule has 2 amide bonds. The number of rotatable bonds is 5. The van der Waals surface area contributed by atoms with Crippen LogP contribution in [0.2, 0.25) is 0 Å². The Balaban J connectivity index is 1.37. The second kappa shape index (κ2) is 6.89. The number of anilines is 1. The molecule has 8 heteroatoms. The molecule has 0 spiro atoms. The molecule has 1 aliphatic heterocycles. The van der Waals surface area contributed by atoms with Crippen LogP contribution in [0.15, 0.2) is 24.4 Å². The molecule has 1 fully saturated rings. The minimum Gasteiger partial charge on any atom is -0.352 e. The van der Waals surface area contributed by atoms with Crippen LogP contribution >= 0.6 is 11.3 Å². The van der Waals surface area contributed by atoms with Gasteiger partial charge in [0.2, 0.25) is 5.91 Å². The molecule has 2 aromatic heterocycles. The Morgan fingerprint density at radius 1 is 1.32 bits per heavy atom. The van der Waals surface area contributed by atoms with Crippen LogP contribution in [0.5, 0.6) is 0 Å². The molecular weight excluding hydrogens is 338 g/mol. The van der Waals surface area contributed by atoms with E-state index in [4.69, 9.17) is 0 Å². The summed E-state index contributed by atoms with van der Waals surface area (Å²) in [6.07, 6.45) is 4.59. The van der Waals surface area contributed by atoms with Crippen LogP contribution in [-0.4, -0.2) is 45.8 Å². The van der Waals surface area contributed by atoms with Crippen molar-refractivity contribution in [2.75, 3.05) is 18.4 Å². The van der Waals surface area contributed by atoms with Crippen molar-refractivity contribution in [3.05, 3.63) is 40.7 Å². The zero-order chi connectivity index (χ0) is 17.2. The number of fused-ring (bicyclic) bond motifs is 1. The summed E-state index contributed by atoms with van der Waals surface area (Å²) in [5.41, 5.74) is 1.38. The normalized spacial score (nSPS) is 17.0. The highest BCUT2D eigenvalue weighted by Crippen LogP contribution is 2.28. The van der Waals surface area contributed by atoms with E-state index >= 15 is 0 Å². The van der Waals surface area contributed by atoms with Crippen LogP contribution in [0.25, 0.3) is 0 Å². The molecule has 4 rings (SSSR count). The first kappa shape index (κ1) is 16.2. The van der Waals surface area contributed by atoms with Crippen molar-refractivity contribution in [3.63, 3.8) is 0 Å². The molecule has 130 valence electrons. The molecule has 0 aromatic carbocycles. The van der Waals surface area contributed by atoms with Crippen molar-refractivity contribution in [2.45, 2.75) is 31.8 Å². The maximum Gasteiger partial charge on any atom is 0.276 e. The SMILES string of the molecule is O=C(CN1CCc2nc(NC(=O)c3ccccn3)sc2C1)NC1CC1. The Labute approximate surface area is 149 Å². The van der Waals surface area contributed by atoms with E-state index in [-0.39, 0.29) is 11.8 Å². The lowest BCUT2D eigenvalue weighted by Gasteiger charge is -2.25. The van der Waals surface area contributed by atoms with Gasteiger partial charge in [0.05, 0.1) is 12.2 Å². The largest absolute Gasteiger partial charge is 0.352 e. The van der Waals surface area contributed by atoms with Crippen LogP contribution < -0.4 is 10.6 Å². The van der Waals surface area contributed by atoms with Gasteiger partial charge in [0.25, 0.3) is 5.91 Å². The quantitative estimate of drug-likeness (QED) is 0.845. The summed E-state index contributed by atoms with van der Waals surface area (Å²) >= 11 is 1.47. The van der Waals surface area contributed by atoms with Crippen LogP contribution in [0.1, 0.15) is 33.9 Å². The van der Waals surface area contributed by atoms with Gasteiger partial charge in [-0.1, -0.05) is 6.07 Å². The standard InChI is InChI=1S/C17H19N5O2S/c23-15(19-11-4-5-11)10-22-8-6-12-14(9-22)25-17(20-12)21-16(24)13-3-1-2-7-18-13/h1-3,7,11H,4-6,8-10H2,(H,19,23)(H,20,21,24). The molecule has 0 unspecified atom stereocenters. The maximum atomic E-state index is 12.2. The monoisotopic (exact) mass is 357 g/mol. The van der Waals surface area contributed by atoms with Crippen molar-refractivity contribution in [3.8, 4) is 0 Å². The number of carbonyl (C=O) groups excluding carboxylic acids is 2. The molecule has 1 saturated carbocycles. The number of pyridine rings is 1. The summed E-state index contributed by atoms with van der Waals surface area (Å²) in [5, 5.41) is 6.42. The fraction of sp³-hybridized carbons (Fsp3) is 0.412. The summed E-state index contributed by atoms with van der Waals surface area (Å²) in [5.74, 6) is -0.161. The number of hydrogen-bond donors (Lipinski definition) is 2. The number of thiazole rings is 1. The molecule has 2 aliphatic rings. The molecule has 2 N–H and O–H groups in total. The summed E-state index contributed by atoms with van der Waals surface area (Å²) in [6.45, 7) is 1.93. The highest BCUT2D eigenvalue weighted by Gasteiger charge is 2.26. The average Bonchev–Trinajstić information content (AvgIpc) is 3.32. The summed E-state index contributed by atoms with van der Waals surface area (Å²) in [4.78, 5) is 35.9. The Bertz CT molecular complexity index is 788. The predicted molar refractivity (Wildman–Crippen MR) is 94.4 cm³/mol. The number of nitrogens with zero attached hydrogens (tertiary/aromatic N) is 3. The Kier molecular flexibility index (Phi) is 4.46. The van der Waals surface area contributed by atoms with Gasteiger partial charge in [-0.15, -0.1) is 11.3 Å². The number of nitrogens with one attached hydrogen (secondary N) is 2. The smallest absolute Gasteiger partial charge is 0.276 e. The van der Waals surface area contributed by atoms with Crippen LogP contribution in [0.4, 0.5) is 5.13 Å². The Hall–Kier alpha value is -2.32. The minimum atomic E-state index is -0.257. The van der Waals surface area contributed by atoms with E-state index in [0.717, 1.165) is 36.4 Å². The lowest BCUT2D eigenvalue weighted by atomic mass is 10.2. The van der Waals surface area contributed by atoms with E-state index in [1.165, 1.54) is 11.3 Å². The van der Waals surface area contributed by atoms with Crippen LogP contribution in [0, 0.1) is 0 Å². The zero-order valence-corrected chi connectivity index (χ0v) is 14.5. The van der Waals surface area contributed by atoms with E-state index in [2.05, 4.69) is 25.5 Å². The fourth-order valence-corrected chi connectivity index (χ4v) is 3.84. The number of hydrogen-bond acceptors (Lipinski definition) is 6. The van der Waals surface area contributed by atoms with Gasteiger partial charge in [-0.3, -0.25) is 24.8 Å². The number of aromatic nitrogens is 2. The zero-order valence-electron chi connectivity index (χ0n) is 13.7. The van der Waals surface area contributed by atoms with Crippen molar-refractivity contribution in [1.29, 1.82) is 0 Å². The summed E-state index contributed by atoms with van der Waals surface area (Å²) < 4.78 is 0. The molecule has 0 atom stereocenters. The van der Waals surface area contributed by atoms with Gasteiger partial charge >= 0.3 is 0 Å². The second-order valence-electron chi connectivity index (χ2n) is 6.36. The second-order valence-corrected chi connectivity index (χ2v) is 7.44. The highest BCUT2D eigenvalue weighted by molar-refractivity contribution is 7.15. The van der Waals surface area contributed by atoms with E-state index in [9.17, 15) is 9.59 Å². The van der Waals surface area contributed by atoms with Gasteiger partial charge in [-0.25, -0.2) is 4.98 Å². The van der Waals surface area contributed by atoms with E-state index < -0.39 is 0 Å². The molecule has 0 saturated heterocycles. The van der Waals surface area contributed by atoms with Crippen molar-refractivity contribution in [2.24, 2.45) is 0 Å². The molecular formula is C17H19N5O2S. The van der Waals surface area contributed by atoms with E-state index in [1.807, 2.05) is 0 Å². The van der Waals surface area contributed by atoms with Crippen molar-refractivity contribution >= 4 is 28.3 Å². The fourth-order valence-electron chi connectivity index (χ4n) is 2.80. The van der Waals surface area contributed by atoms with Gasteiger partial charge in [-0.2, -0.15) is 0 Å². The molecule has 3 heterocycles. The van der Waals surface area contributed by atoms with E-state index in [0.29, 0.717) is 30.0 Å². The van der Waals surface area contributed by atoms with E-state index in [1.54, 1.807) is 24.4 Å². The topological polar surface area (TPSA) is 87.2 Å². The third-order valence-electron chi connectivity index (χ3n) is 4.24. The molecule has 7 nitrogen and oxygen atoms in total. The molecule has 25 heavy (non-hydrogen) atoms. The first-order valence-corrected chi connectivity index (χ1v) is 9.22. The number of amides is 2. The minimum absolute atomic E-state index is 0.0964. The Morgan fingerprint density at radius 3 is 2.96 bits per heavy atom. The first-order valence-electron chi connectivity index (χ1n) is 8.40. The van der Waals surface area contributed by atoms with Gasteiger partial charge in [0, 0.05) is 36.6 Å². The van der Waals surface area contributed by atoms with Crippen LogP contribution in [-0.2, 0) is 17.8 Å². The van der Waals surface area contributed by atoms with Crippen LogP contribution in [0.3, 0.4) is 0 Å². The predicted octanol–water partition coefficient (Wildman–Crippen LogP) is 1.43.